The van der Waals surface area contributed by atoms with Crippen molar-refractivity contribution in [2.75, 3.05) is 49.3 Å². The topological polar surface area (TPSA) is 73.8 Å². The van der Waals surface area contributed by atoms with Gasteiger partial charge in [0.2, 0.25) is 23.0 Å². The van der Waals surface area contributed by atoms with Gasteiger partial charge in [-0.15, -0.1) is 0 Å². The molecule has 0 aliphatic rings. The van der Waals surface area contributed by atoms with Gasteiger partial charge in [-0.3, -0.25) is 0 Å². The van der Waals surface area contributed by atoms with Crippen molar-refractivity contribution >= 4 is 10.8 Å². The molecule has 0 spiro atoms. The Kier molecular flexibility index (Phi) is 1.58. The molecular formula is C20H28O8. The van der Waals surface area contributed by atoms with Gasteiger partial charge in [0.25, 0.3) is 0 Å². The fourth-order valence-corrected chi connectivity index (χ4v) is 2.39. The van der Waals surface area contributed by atoms with E-state index < -0.39 is 126 Å². The van der Waals surface area contributed by atoms with Gasteiger partial charge in [-0.05, 0) is 13.7 Å². The third-order valence-electron chi connectivity index (χ3n) is 3.31. The molecule has 0 N–H and O–H groups in total. The molecule has 156 valence electrons. The zero-order valence-corrected chi connectivity index (χ0v) is 13.3. The average molecular weight is 427 g/mol. The molecule has 0 aliphatic heterocycles. The Morgan fingerprint density at radius 2 is 0.821 bits per heavy atom. The van der Waals surface area contributed by atoms with Crippen molar-refractivity contribution < 1.29 is 76.3 Å². The highest BCUT2D eigenvalue weighted by atomic mass is 16.6. The van der Waals surface area contributed by atoms with Crippen molar-refractivity contribution in [3.05, 3.63) is 0 Å². The van der Waals surface area contributed by atoms with E-state index in [2.05, 4.69) is 0 Å². The summed E-state index contributed by atoms with van der Waals surface area (Å²) >= 11 is 0. The number of ether oxygens (including phenoxy) is 8. The molecule has 2 aromatic carbocycles. The molecule has 0 unspecified atom stereocenters. The zero-order chi connectivity index (χ0) is 44.4. The Morgan fingerprint density at radius 3 is 1.18 bits per heavy atom. The van der Waals surface area contributed by atoms with Gasteiger partial charge in [-0.2, -0.15) is 0 Å². The van der Waals surface area contributed by atoms with Crippen LogP contribution < -0.4 is 37.9 Å². The summed E-state index contributed by atoms with van der Waals surface area (Å²) in [5, 5.41) is -3.41. The van der Waals surface area contributed by atoms with E-state index in [0.717, 1.165) is 0 Å². The second kappa shape index (κ2) is 8.86. The van der Waals surface area contributed by atoms with E-state index in [1.807, 2.05) is 0 Å². The third kappa shape index (κ3) is 3.23. The number of hydrogen-bond acceptors (Lipinski definition) is 8. The second-order valence-electron chi connectivity index (χ2n) is 4.53. The summed E-state index contributed by atoms with van der Waals surface area (Å²) < 4.78 is 256. The number of fused-ring (bicyclic) bond motifs is 1. The van der Waals surface area contributed by atoms with Crippen LogP contribution in [0.2, 0.25) is 0 Å². The van der Waals surface area contributed by atoms with Gasteiger partial charge in [0.1, 0.15) is 0 Å². The molecule has 0 amide bonds. The normalized spacial score (nSPS) is 29.9. The first-order valence-corrected chi connectivity index (χ1v) is 6.52. The molecule has 0 fully saturated rings. The van der Waals surface area contributed by atoms with Gasteiger partial charge in [-0.25, -0.2) is 0 Å². The van der Waals surface area contributed by atoms with Gasteiger partial charge in [0.05, 0.1) is 96.3 Å². The fourth-order valence-electron chi connectivity index (χ4n) is 2.39. The highest BCUT2D eigenvalue weighted by molar-refractivity contribution is 6.09. The van der Waals surface area contributed by atoms with Gasteiger partial charge in [0.15, 0.2) is 23.0 Å². The minimum Gasteiger partial charge on any atom is -0.492 e. The molecular weight excluding hydrogens is 370 g/mol. The molecule has 8 heteroatoms. The van der Waals surface area contributed by atoms with Crippen LogP contribution >= 0.6 is 0 Å². The first-order valence-electron chi connectivity index (χ1n) is 20.5. The van der Waals surface area contributed by atoms with Crippen LogP contribution in [0.4, 0.5) is 0 Å². The fraction of sp³-hybridized carbons (Fsp3) is 0.500. The summed E-state index contributed by atoms with van der Waals surface area (Å²) in [6, 6.07) is 0. The Hall–Kier alpha value is -2.90. The van der Waals surface area contributed by atoms with Crippen LogP contribution in [-0.4, -0.2) is 55.3 Å². The molecule has 0 aliphatic carbocycles. The molecule has 0 aromatic heterocycles. The minimum atomic E-state index is -4.41. The predicted octanol–water partition coefficient (Wildman–Crippen LogP) is 3.69. The van der Waals surface area contributed by atoms with E-state index in [4.69, 9.17) is 76.3 Å². The quantitative estimate of drug-likeness (QED) is 0.601. The highest BCUT2D eigenvalue weighted by Crippen LogP contribution is 2.61. The maximum absolute atomic E-state index is 8.43. The van der Waals surface area contributed by atoms with E-state index in [0.29, 0.717) is 0 Å². The van der Waals surface area contributed by atoms with Gasteiger partial charge < -0.3 is 37.9 Å². The molecule has 0 atom stereocenters. The van der Waals surface area contributed by atoms with Crippen molar-refractivity contribution in [3.8, 4) is 46.0 Å². The molecule has 2 rings (SSSR count). The van der Waals surface area contributed by atoms with E-state index in [-0.39, 0.29) is 0 Å². The van der Waals surface area contributed by atoms with Crippen LogP contribution in [0.3, 0.4) is 0 Å². The van der Waals surface area contributed by atoms with Gasteiger partial charge in [-0.1, -0.05) is 0 Å². The lowest BCUT2D eigenvalue weighted by Gasteiger charge is -2.25. The van der Waals surface area contributed by atoms with Crippen molar-refractivity contribution in [2.24, 2.45) is 0 Å². The Labute approximate surface area is 204 Å². The lowest BCUT2D eigenvalue weighted by atomic mass is 10.2. The van der Waals surface area contributed by atoms with Crippen molar-refractivity contribution in [2.45, 2.75) is 19.8 Å². The average Bonchev–Trinajstić information content (AvgIpc) is 2.85. The Bertz CT molecular complexity index is 1720. The first-order chi connectivity index (χ1) is 24.3. The molecule has 8 nitrogen and oxygen atoms in total. The molecule has 0 heterocycles. The summed E-state index contributed by atoms with van der Waals surface area (Å²) in [5.74, 6) is -15.2. The summed E-state index contributed by atoms with van der Waals surface area (Å²) in [7, 11) is -27.6. The molecule has 0 radical (unpaired) electrons. The van der Waals surface area contributed by atoms with Crippen LogP contribution in [0, 0.1) is 0 Å². The minimum absolute atomic E-state index is 1.68. The lowest BCUT2D eigenvalue weighted by Crippen LogP contribution is -2.10. The maximum atomic E-state index is 8.43. The van der Waals surface area contributed by atoms with E-state index in [9.17, 15) is 0 Å². The predicted molar refractivity (Wildman–Crippen MR) is 106 cm³/mol. The van der Waals surface area contributed by atoms with Crippen LogP contribution in [0.25, 0.3) is 10.8 Å². The van der Waals surface area contributed by atoms with E-state index in [1.54, 1.807) is 0 Å². The molecule has 0 bridgehead atoms. The maximum Gasteiger partial charge on any atom is 0.208 e. The van der Waals surface area contributed by atoms with Crippen LogP contribution in [0.15, 0.2) is 0 Å². The van der Waals surface area contributed by atoms with Crippen molar-refractivity contribution in [1.82, 2.24) is 0 Å². The summed E-state index contributed by atoms with van der Waals surface area (Å²) in [4.78, 5) is 0. The van der Waals surface area contributed by atoms with Crippen LogP contribution in [0.5, 0.6) is 46.0 Å². The van der Waals surface area contributed by atoms with Gasteiger partial charge in [0, 0.05) is 8.22 Å². The molecule has 0 saturated heterocycles. The smallest absolute Gasteiger partial charge is 0.208 e. The number of hydrogen-bond donors (Lipinski definition) is 0. The third-order valence-corrected chi connectivity index (χ3v) is 3.31. The van der Waals surface area contributed by atoms with Gasteiger partial charge >= 0.3 is 0 Å². The number of rotatable bonds is 9. The number of benzene rings is 2. The van der Waals surface area contributed by atoms with Crippen molar-refractivity contribution in [3.63, 3.8) is 0 Å². The second-order valence-corrected chi connectivity index (χ2v) is 4.53. The lowest BCUT2D eigenvalue weighted by molar-refractivity contribution is 0.216. The standard InChI is InChI=1S/C20H28O8/c1-10(2)28-20-16(24-6)12-11(15(23-5)19(20)27-9)13(21-3)17(25-7)18(26-8)14(12)22-4/h10H,1-9H3/i1D3,2D3,3D3,4D3,5D3,6D3,7D3,8D3,9D3,10D,11+1,12+1. The van der Waals surface area contributed by atoms with Crippen LogP contribution in [-0.2, 0) is 0 Å². The first kappa shape index (κ1) is 4.98. The molecule has 28 heavy (non-hydrogen) atoms. The molecule has 2 aromatic rings. The number of methoxy groups -OCH3 is 7. The van der Waals surface area contributed by atoms with Crippen molar-refractivity contribution in [1.29, 1.82) is 0 Å². The monoisotopic (exact) mass is 426 g/mol. The van der Waals surface area contributed by atoms with E-state index in [1.165, 1.54) is 0 Å². The summed E-state index contributed by atoms with van der Waals surface area (Å²) in [5.41, 5.74) is 0. The van der Waals surface area contributed by atoms with Crippen LogP contribution in [0.1, 0.15) is 52.1 Å². The van der Waals surface area contributed by atoms with E-state index >= 15 is 0 Å². The summed E-state index contributed by atoms with van der Waals surface area (Å²) in [6.45, 7) is -8.40. The SMILES string of the molecule is [2H]C([2H])([2H])Oc1c(OC([2H])([2H])[2H])c(OC([2H])([2H])[2H])[13c]2c(OC([2H])([2H])[2H])c(OC([2H])(C([2H])([2H])[2H])C([2H])([2H])[2H])c(OC([2H])([2H])[2H])c(OC([2H])([2H])[2H])[13c]2c1OC([2H])([2H])[2H]. The largest absolute Gasteiger partial charge is 0.492 e. The summed E-state index contributed by atoms with van der Waals surface area (Å²) in [6.07, 6.45) is -4.41. The molecule has 0 saturated carbocycles. The Morgan fingerprint density at radius 1 is 0.500 bits per heavy atom. The highest BCUT2D eigenvalue weighted by Gasteiger charge is 2.33. The zero-order valence-electron chi connectivity index (χ0n) is 41.3. The Balaban J connectivity index is 3.97.